The highest BCUT2D eigenvalue weighted by molar-refractivity contribution is 5.41. The highest BCUT2D eigenvalue weighted by Crippen LogP contribution is 2.27. The third-order valence-electron chi connectivity index (χ3n) is 3.61. The zero-order valence-electron chi connectivity index (χ0n) is 13.5. The molecule has 0 aliphatic carbocycles. The lowest BCUT2D eigenvalue weighted by atomic mass is 10.1. The van der Waals surface area contributed by atoms with E-state index in [0.29, 0.717) is 0 Å². The number of benzene rings is 2. The predicted molar refractivity (Wildman–Crippen MR) is 89.2 cm³/mol. The molecule has 0 fully saturated rings. The Hall–Kier alpha value is -1.80. The molecule has 2 aromatic rings. The molecule has 0 unspecified atom stereocenters. The lowest BCUT2D eigenvalue weighted by Crippen LogP contribution is -2.14. The fraction of sp³-hybridized carbons (Fsp3) is 0.368. The van der Waals surface area contributed by atoms with Crippen LogP contribution >= 0.6 is 0 Å². The number of hydrogen-bond donors (Lipinski definition) is 1. The van der Waals surface area contributed by atoms with Crippen molar-refractivity contribution in [3.63, 3.8) is 0 Å². The van der Waals surface area contributed by atoms with Gasteiger partial charge in [-0.1, -0.05) is 30.7 Å². The van der Waals surface area contributed by atoms with Gasteiger partial charge in [-0.15, -0.1) is 0 Å². The summed E-state index contributed by atoms with van der Waals surface area (Å²) in [7, 11) is 0. The van der Waals surface area contributed by atoms with Crippen LogP contribution in [-0.4, -0.2) is 6.54 Å². The molecule has 1 N–H and O–H groups in total. The van der Waals surface area contributed by atoms with Gasteiger partial charge in [-0.05, 0) is 68.6 Å². The summed E-state index contributed by atoms with van der Waals surface area (Å²) in [6, 6.07) is 12.6. The van der Waals surface area contributed by atoms with Crippen molar-refractivity contribution in [1.82, 2.24) is 5.32 Å². The number of rotatable bonds is 6. The van der Waals surface area contributed by atoms with E-state index in [9.17, 15) is 0 Å². The molecule has 0 bridgehead atoms. The molecule has 2 aromatic carbocycles. The molecule has 0 radical (unpaired) electrons. The summed E-state index contributed by atoms with van der Waals surface area (Å²) < 4.78 is 6.01. The first kappa shape index (κ1) is 15.6. The summed E-state index contributed by atoms with van der Waals surface area (Å²) in [4.78, 5) is 0. The maximum Gasteiger partial charge on any atom is 0.130 e. The fourth-order valence-electron chi connectivity index (χ4n) is 2.37. The SMILES string of the molecule is CCCNCc1ccc(Oc2ccc(C)cc2C)cc1C. The predicted octanol–water partition coefficient (Wildman–Crippen LogP) is 4.90. The molecule has 0 atom stereocenters. The molecule has 0 aliphatic rings. The summed E-state index contributed by atoms with van der Waals surface area (Å²) in [6.45, 7) is 10.5. The van der Waals surface area contributed by atoms with Crippen molar-refractivity contribution >= 4 is 0 Å². The second-order valence-corrected chi connectivity index (χ2v) is 5.64. The first-order valence-electron chi connectivity index (χ1n) is 7.65. The highest BCUT2D eigenvalue weighted by atomic mass is 16.5. The van der Waals surface area contributed by atoms with Gasteiger partial charge in [-0.25, -0.2) is 0 Å². The van der Waals surface area contributed by atoms with Crippen LogP contribution in [0.1, 0.15) is 35.6 Å². The monoisotopic (exact) mass is 283 g/mol. The first-order valence-corrected chi connectivity index (χ1v) is 7.65. The van der Waals surface area contributed by atoms with Crippen molar-refractivity contribution < 1.29 is 4.74 Å². The second-order valence-electron chi connectivity index (χ2n) is 5.64. The second kappa shape index (κ2) is 7.28. The summed E-state index contributed by atoms with van der Waals surface area (Å²) in [5.74, 6) is 1.83. The summed E-state index contributed by atoms with van der Waals surface area (Å²) in [5.41, 5.74) is 5.02. The molecule has 0 saturated carbocycles. The molecule has 0 spiro atoms. The van der Waals surface area contributed by atoms with Gasteiger partial charge in [0.15, 0.2) is 0 Å². The third kappa shape index (κ3) is 4.33. The summed E-state index contributed by atoms with van der Waals surface area (Å²) in [6.07, 6.45) is 1.16. The number of hydrogen-bond acceptors (Lipinski definition) is 2. The van der Waals surface area contributed by atoms with E-state index in [1.165, 1.54) is 22.3 Å². The topological polar surface area (TPSA) is 21.3 Å². The largest absolute Gasteiger partial charge is 0.457 e. The Balaban J connectivity index is 2.09. The van der Waals surface area contributed by atoms with Crippen molar-refractivity contribution in [2.45, 2.75) is 40.7 Å². The van der Waals surface area contributed by atoms with Crippen molar-refractivity contribution in [3.05, 3.63) is 58.7 Å². The number of aryl methyl sites for hydroxylation is 3. The summed E-state index contributed by atoms with van der Waals surface area (Å²) in [5, 5.41) is 3.44. The van der Waals surface area contributed by atoms with Crippen LogP contribution in [-0.2, 0) is 6.54 Å². The van der Waals surface area contributed by atoms with Crippen LogP contribution in [0.25, 0.3) is 0 Å². The van der Waals surface area contributed by atoms with E-state index >= 15 is 0 Å². The minimum atomic E-state index is 0.902. The molecule has 0 saturated heterocycles. The van der Waals surface area contributed by atoms with Gasteiger partial charge in [0.1, 0.15) is 11.5 Å². The third-order valence-corrected chi connectivity index (χ3v) is 3.61. The molecule has 0 aromatic heterocycles. The Labute approximate surface area is 128 Å². The molecular formula is C19H25NO. The van der Waals surface area contributed by atoms with Gasteiger partial charge in [0, 0.05) is 6.54 Å². The van der Waals surface area contributed by atoms with Crippen LogP contribution in [0, 0.1) is 20.8 Å². The number of nitrogens with one attached hydrogen (secondary N) is 1. The van der Waals surface area contributed by atoms with Gasteiger partial charge in [-0.3, -0.25) is 0 Å². The molecule has 0 amide bonds. The molecule has 112 valence electrons. The van der Waals surface area contributed by atoms with Gasteiger partial charge in [0.2, 0.25) is 0 Å². The maximum atomic E-state index is 6.01. The number of ether oxygens (including phenoxy) is 1. The summed E-state index contributed by atoms with van der Waals surface area (Å²) >= 11 is 0. The maximum absolute atomic E-state index is 6.01. The average Bonchev–Trinajstić information content (AvgIpc) is 2.44. The molecule has 0 aliphatic heterocycles. The van der Waals surface area contributed by atoms with Crippen LogP contribution in [0.2, 0.25) is 0 Å². The van der Waals surface area contributed by atoms with E-state index in [1.807, 2.05) is 6.07 Å². The van der Waals surface area contributed by atoms with Crippen molar-refractivity contribution in [2.75, 3.05) is 6.54 Å². The lowest BCUT2D eigenvalue weighted by Gasteiger charge is -2.12. The van der Waals surface area contributed by atoms with Gasteiger partial charge in [-0.2, -0.15) is 0 Å². The minimum absolute atomic E-state index is 0.902. The lowest BCUT2D eigenvalue weighted by molar-refractivity contribution is 0.478. The van der Waals surface area contributed by atoms with Crippen LogP contribution in [0.3, 0.4) is 0 Å². The van der Waals surface area contributed by atoms with Gasteiger partial charge >= 0.3 is 0 Å². The van der Waals surface area contributed by atoms with Crippen LogP contribution in [0.5, 0.6) is 11.5 Å². The quantitative estimate of drug-likeness (QED) is 0.761. The average molecular weight is 283 g/mol. The van der Waals surface area contributed by atoms with Crippen molar-refractivity contribution in [3.8, 4) is 11.5 Å². The molecule has 2 nitrogen and oxygen atoms in total. The normalized spacial score (nSPS) is 10.7. The Kier molecular flexibility index (Phi) is 5.40. The van der Waals surface area contributed by atoms with Crippen molar-refractivity contribution in [2.24, 2.45) is 0 Å². The van der Waals surface area contributed by atoms with Crippen molar-refractivity contribution in [1.29, 1.82) is 0 Å². The minimum Gasteiger partial charge on any atom is -0.457 e. The Morgan fingerprint density at radius 1 is 0.952 bits per heavy atom. The Morgan fingerprint density at radius 3 is 2.43 bits per heavy atom. The van der Waals surface area contributed by atoms with Gasteiger partial charge < -0.3 is 10.1 Å². The zero-order valence-corrected chi connectivity index (χ0v) is 13.5. The van der Waals surface area contributed by atoms with E-state index in [4.69, 9.17) is 4.74 Å². The smallest absolute Gasteiger partial charge is 0.130 e. The zero-order chi connectivity index (χ0) is 15.2. The Bertz CT molecular complexity index is 605. The van der Waals surface area contributed by atoms with Gasteiger partial charge in [0.25, 0.3) is 0 Å². The van der Waals surface area contributed by atoms with Crippen LogP contribution < -0.4 is 10.1 Å². The fourth-order valence-corrected chi connectivity index (χ4v) is 2.37. The highest BCUT2D eigenvalue weighted by Gasteiger charge is 2.04. The van der Waals surface area contributed by atoms with E-state index in [-0.39, 0.29) is 0 Å². The van der Waals surface area contributed by atoms with Crippen LogP contribution in [0.15, 0.2) is 36.4 Å². The molecule has 2 rings (SSSR count). The standard InChI is InChI=1S/C19H25NO/c1-5-10-20-13-17-7-8-18(12-15(17)3)21-19-9-6-14(2)11-16(19)4/h6-9,11-12,20H,5,10,13H2,1-4H3. The van der Waals surface area contributed by atoms with E-state index < -0.39 is 0 Å². The first-order chi connectivity index (χ1) is 10.1. The molecule has 21 heavy (non-hydrogen) atoms. The molecule has 0 heterocycles. The molecular weight excluding hydrogens is 258 g/mol. The van der Waals surface area contributed by atoms with E-state index in [2.05, 4.69) is 63.3 Å². The Morgan fingerprint density at radius 2 is 1.76 bits per heavy atom. The molecule has 2 heteroatoms. The van der Waals surface area contributed by atoms with E-state index in [1.54, 1.807) is 0 Å². The van der Waals surface area contributed by atoms with Gasteiger partial charge in [0.05, 0.1) is 0 Å². The van der Waals surface area contributed by atoms with Crippen LogP contribution in [0.4, 0.5) is 0 Å². The van der Waals surface area contributed by atoms with E-state index in [0.717, 1.165) is 31.0 Å².